The fourth-order valence-electron chi connectivity index (χ4n) is 2.51. The zero-order valence-electron chi connectivity index (χ0n) is 10.7. The summed E-state index contributed by atoms with van der Waals surface area (Å²) in [6.45, 7) is 2.98. The molecule has 2 N–H and O–H groups in total. The molecule has 0 saturated carbocycles. The van der Waals surface area contributed by atoms with E-state index < -0.39 is 0 Å². The molecule has 0 fully saturated rings. The van der Waals surface area contributed by atoms with Crippen LogP contribution < -0.4 is 5.73 Å². The molecule has 2 aromatic carbocycles. The van der Waals surface area contributed by atoms with Gasteiger partial charge in [-0.25, -0.2) is 0 Å². The molecule has 3 rings (SSSR count). The van der Waals surface area contributed by atoms with Crippen molar-refractivity contribution in [1.29, 1.82) is 0 Å². The molecule has 0 aliphatic heterocycles. The van der Waals surface area contributed by atoms with Gasteiger partial charge in [-0.15, -0.1) is 0 Å². The van der Waals surface area contributed by atoms with E-state index in [1.165, 1.54) is 22.2 Å². The quantitative estimate of drug-likeness (QED) is 0.701. The lowest BCUT2D eigenvalue weighted by molar-refractivity contribution is 0.805. The first kappa shape index (κ1) is 12.3. The van der Waals surface area contributed by atoms with E-state index in [2.05, 4.69) is 63.8 Å². The molecule has 3 aromatic rings. The smallest absolute Gasteiger partial charge is 0.0485 e. The summed E-state index contributed by atoms with van der Waals surface area (Å²) >= 11 is 3.50. The average molecular weight is 315 g/mol. The predicted molar refractivity (Wildman–Crippen MR) is 84.3 cm³/mol. The number of hydrogen-bond donors (Lipinski definition) is 1. The number of anilines is 1. The molecule has 0 bridgehead atoms. The molecule has 3 heteroatoms. The topological polar surface area (TPSA) is 30.9 Å². The van der Waals surface area contributed by atoms with Crippen LogP contribution in [0.3, 0.4) is 0 Å². The van der Waals surface area contributed by atoms with Gasteiger partial charge in [0.2, 0.25) is 0 Å². The highest BCUT2D eigenvalue weighted by atomic mass is 79.9. The molecule has 0 saturated heterocycles. The van der Waals surface area contributed by atoms with Crippen LogP contribution in [0.1, 0.15) is 11.3 Å². The van der Waals surface area contributed by atoms with Gasteiger partial charge in [0.25, 0.3) is 0 Å². The number of halogens is 1. The van der Waals surface area contributed by atoms with Crippen molar-refractivity contribution in [3.05, 3.63) is 64.3 Å². The van der Waals surface area contributed by atoms with E-state index in [9.17, 15) is 0 Å². The molecular formula is C16H15BrN2. The molecular weight excluding hydrogens is 300 g/mol. The standard InChI is InChI=1S/C16H15BrN2/c1-11-6-13-4-2-3-5-16(13)19(11)10-12-7-14(17)9-15(18)8-12/h2-9H,10,18H2,1H3. The summed E-state index contributed by atoms with van der Waals surface area (Å²) < 4.78 is 3.34. The highest BCUT2D eigenvalue weighted by Crippen LogP contribution is 2.23. The summed E-state index contributed by atoms with van der Waals surface area (Å²) in [4.78, 5) is 0. The van der Waals surface area contributed by atoms with Crippen LogP contribution in [0.25, 0.3) is 10.9 Å². The first-order valence-electron chi connectivity index (χ1n) is 6.23. The van der Waals surface area contributed by atoms with Gasteiger partial charge in [0, 0.05) is 27.9 Å². The zero-order valence-corrected chi connectivity index (χ0v) is 12.3. The minimum absolute atomic E-state index is 0.790. The summed E-state index contributed by atoms with van der Waals surface area (Å²) in [6, 6.07) is 16.7. The van der Waals surface area contributed by atoms with Gasteiger partial charge in [-0.05, 0) is 48.2 Å². The summed E-state index contributed by atoms with van der Waals surface area (Å²) in [7, 11) is 0. The summed E-state index contributed by atoms with van der Waals surface area (Å²) in [5.41, 5.74) is 10.4. The van der Waals surface area contributed by atoms with Crippen LogP contribution in [-0.4, -0.2) is 4.57 Å². The van der Waals surface area contributed by atoms with Crippen molar-refractivity contribution in [2.75, 3.05) is 5.73 Å². The van der Waals surface area contributed by atoms with E-state index in [1.54, 1.807) is 0 Å². The fourth-order valence-corrected chi connectivity index (χ4v) is 3.07. The number of hydrogen-bond acceptors (Lipinski definition) is 1. The van der Waals surface area contributed by atoms with Crippen LogP contribution in [0.2, 0.25) is 0 Å². The Morgan fingerprint density at radius 3 is 2.68 bits per heavy atom. The third kappa shape index (κ3) is 2.38. The lowest BCUT2D eigenvalue weighted by Crippen LogP contribution is -2.02. The van der Waals surface area contributed by atoms with Crippen molar-refractivity contribution in [3.63, 3.8) is 0 Å². The van der Waals surface area contributed by atoms with Crippen LogP contribution in [0, 0.1) is 6.92 Å². The highest BCUT2D eigenvalue weighted by molar-refractivity contribution is 9.10. The number of aromatic nitrogens is 1. The van der Waals surface area contributed by atoms with Gasteiger partial charge in [0.1, 0.15) is 0 Å². The van der Waals surface area contributed by atoms with E-state index in [4.69, 9.17) is 5.73 Å². The minimum atomic E-state index is 0.790. The van der Waals surface area contributed by atoms with Gasteiger partial charge in [-0.1, -0.05) is 34.1 Å². The molecule has 0 radical (unpaired) electrons. The summed E-state index contributed by atoms with van der Waals surface area (Å²) in [5, 5.41) is 1.28. The van der Waals surface area contributed by atoms with Gasteiger partial charge in [-0.2, -0.15) is 0 Å². The molecule has 2 nitrogen and oxygen atoms in total. The monoisotopic (exact) mass is 314 g/mol. The number of benzene rings is 2. The summed E-state index contributed by atoms with van der Waals surface area (Å²) in [6.07, 6.45) is 0. The number of nitrogens with two attached hydrogens (primary N) is 1. The lowest BCUT2D eigenvalue weighted by atomic mass is 10.2. The van der Waals surface area contributed by atoms with Gasteiger partial charge in [0.15, 0.2) is 0 Å². The largest absolute Gasteiger partial charge is 0.399 e. The Morgan fingerprint density at radius 1 is 1.11 bits per heavy atom. The van der Waals surface area contributed by atoms with Crippen molar-refractivity contribution in [2.24, 2.45) is 0 Å². The molecule has 96 valence electrons. The molecule has 1 heterocycles. The maximum absolute atomic E-state index is 5.90. The molecule has 0 unspecified atom stereocenters. The second-order valence-corrected chi connectivity index (χ2v) is 5.74. The predicted octanol–water partition coefficient (Wildman–Crippen LogP) is 4.34. The Bertz CT molecular complexity index is 723. The average Bonchev–Trinajstić information content (AvgIpc) is 2.65. The lowest BCUT2D eigenvalue weighted by Gasteiger charge is -2.10. The van der Waals surface area contributed by atoms with Crippen molar-refractivity contribution in [3.8, 4) is 0 Å². The van der Waals surface area contributed by atoms with Gasteiger partial charge in [0.05, 0.1) is 0 Å². The maximum atomic E-state index is 5.90. The van der Waals surface area contributed by atoms with Crippen LogP contribution in [-0.2, 0) is 6.54 Å². The van der Waals surface area contributed by atoms with E-state index in [0.717, 1.165) is 16.7 Å². The summed E-state index contributed by atoms with van der Waals surface area (Å²) in [5.74, 6) is 0. The molecule has 0 spiro atoms. The first-order valence-corrected chi connectivity index (χ1v) is 7.02. The number of nitrogens with zero attached hydrogens (tertiary/aromatic N) is 1. The minimum Gasteiger partial charge on any atom is -0.399 e. The Hall–Kier alpha value is -1.74. The van der Waals surface area contributed by atoms with E-state index in [-0.39, 0.29) is 0 Å². The number of para-hydroxylation sites is 1. The van der Waals surface area contributed by atoms with Crippen LogP contribution in [0.15, 0.2) is 53.0 Å². The Balaban J connectivity index is 2.07. The van der Waals surface area contributed by atoms with Crippen molar-refractivity contribution in [1.82, 2.24) is 4.57 Å². The van der Waals surface area contributed by atoms with Crippen molar-refractivity contribution in [2.45, 2.75) is 13.5 Å². The molecule has 0 aliphatic rings. The van der Waals surface area contributed by atoms with Crippen molar-refractivity contribution >= 4 is 32.5 Å². The maximum Gasteiger partial charge on any atom is 0.0485 e. The molecule has 0 atom stereocenters. The number of nitrogen functional groups attached to an aromatic ring is 1. The Kier molecular flexibility index (Phi) is 3.07. The molecule has 19 heavy (non-hydrogen) atoms. The third-order valence-corrected chi connectivity index (χ3v) is 3.80. The highest BCUT2D eigenvalue weighted by Gasteiger charge is 2.06. The third-order valence-electron chi connectivity index (χ3n) is 3.34. The molecule has 0 amide bonds. The first-order chi connectivity index (χ1) is 9.13. The van der Waals surface area contributed by atoms with Crippen LogP contribution in [0.5, 0.6) is 0 Å². The van der Waals surface area contributed by atoms with Crippen LogP contribution in [0.4, 0.5) is 5.69 Å². The second-order valence-electron chi connectivity index (χ2n) is 4.82. The van der Waals surface area contributed by atoms with Crippen LogP contribution >= 0.6 is 15.9 Å². The van der Waals surface area contributed by atoms with E-state index in [0.29, 0.717) is 0 Å². The number of fused-ring (bicyclic) bond motifs is 1. The fraction of sp³-hybridized carbons (Fsp3) is 0.125. The number of rotatable bonds is 2. The number of aryl methyl sites for hydroxylation is 1. The Labute approximate surface area is 121 Å². The van der Waals surface area contributed by atoms with E-state index >= 15 is 0 Å². The normalized spacial score (nSPS) is 11.1. The molecule has 1 aromatic heterocycles. The van der Waals surface area contributed by atoms with E-state index in [1.807, 2.05) is 12.1 Å². The van der Waals surface area contributed by atoms with Crippen molar-refractivity contribution < 1.29 is 0 Å². The van der Waals surface area contributed by atoms with Gasteiger partial charge < -0.3 is 10.3 Å². The van der Waals surface area contributed by atoms with Gasteiger partial charge >= 0.3 is 0 Å². The molecule has 0 aliphatic carbocycles. The Morgan fingerprint density at radius 2 is 1.89 bits per heavy atom. The second kappa shape index (κ2) is 4.74. The zero-order chi connectivity index (χ0) is 13.4. The SMILES string of the molecule is Cc1cc2ccccc2n1Cc1cc(N)cc(Br)c1. The van der Waals surface area contributed by atoms with Gasteiger partial charge in [-0.3, -0.25) is 0 Å².